The number of allylic oxidation sites excluding steroid dienone is 1. The third-order valence-corrected chi connectivity index (χ3v) is 2.38. The summed E-state index contributed by atoms with van der Waals surface area (Å²) in [6.07, 6.45) is 6.32. The van der Waals surface area contributed by atoms with Crippen LogP contribution in [-0.4, -0.2) is 26.3 Å². The first-order valence-corrected chi connectivity index (χ1v) is 5.89. The largest absolute Gasteiger partial charge is 0.508 e. The van der Waals surface area contributed by atoms with Crippen LogP contribution in [0.3, 0.4) is 0 Å². The molecule has 0 aromatic carbocycles. The normalized spacial score (nSPS) is 11.5. The predicted molar refractivity (Wildman–Crippen MR) is 66.1 cm³/mol. The molecule has 0 aliphatic heterocycles. The summed E-state index contributed by atoms with van der Waals surface area (Å²) in [5.74, 6) is -2.96. The van der Waals surface area contributed by atoms with Crippen LogP contribution in [0.4, 0.5) is 0 Å². The molecule has 1 N–H and O–H groups in total. The van der Waals surface area contributed by atoms with Gasteiger partial charge in [-0.15, -0.1) is 0 Å². The minimum absolute atomic E-state index is 0. The van der Waals surface area contributed by atoms with E-state index in [2.05, 4.69) is 57.3 Å². The van der Waals surface area contributed by atoms with E-state index in [4.69, 9.17) is 6.42 Å². The third kappa shape index (κ3) is 5.92. The molecule has 17 heavy (non-hydrogen) atoms. The first-order chi connectivity index (χ1) is 7.25. The van der Waals surface area contributed by atoms with Crippen molar-refractivity contribution in [1.29, 1.82) is 0 Å². The van der Waals surface area contributed by atoms with E-state index in [1.54, 1.807) is 6.11 Å². The van der Waals surface area contributed by atoms with E-state index in [-0.39, 0.29) is 16.8 Å². The number of methoxy groups -OCH3 is 1. The number of ether oxygens (including phenoxy) is 2. The number of rotatable bonds is 2. The van der Waals surface area contributed by atoms with Gasteiger partial charge in [-0.05, 0) is 0 Å². The smallest absolute Gasteiger partial charge is 0.363 e. The van der Waals surface area contributed by atoms with Crippen LogP contribution >= 0.6 is 47.8 Å². The molecule has 0 atom stereocenters. The van der Waals surface area contributed by atoms with Gasteiger partial charge in [-0.2, -0.15) is 0 Å². The zero-order chi connectivity index (χ0) is 12.9. The van der Waals surface area contributed by atoms with Gasteiger partial charge in [0.05, 0.1) is 7.11 Å². The van der Waals surface area contributed by atoms with Gasteiger partial charge in [0.1, 0.15) is 6.11 Å². The van der Waals surface area contributed by atoms with Crippen LogP contribution in [0.2, 0.25) is 0 Å². The van der Waals surface area contributed by atoms with Crippen LogP contribution in [0.5, 0.6) is 0 Å². The van der Waals surface area contributed by atoms with Gasteiger partial charge in [-0.1, -0.05) is 54.2 Å². The van der Waals surface area contributed by atoms with E-state index in [1.807, 2.05) is 0 Å². The van der Waals surface area contributed by atoms with Crippen molar-refractivity contribution >= 4 is 59.7 Å². The van der Waals surface area contributed by atoms with Gasteiger partial charge in [0.25, 0.3) is 0 Å². The van der Waals surface area contributed by atoms with Crippen LogP contribution in [0.25, 0.3) is 0 Å². The molecule has 0 bridgehead atoms. The van der Waals surface area contributed by atoms with Crippen LogP contribution in [0.15, 0.2) is 11.3 Å². The van der Waals surface area contributed by atoms with E-state index >= 15 is 0 Å². The van der Waals surface area contributed by atoms with Crippen molar-refractivity contribution in [3.8, 4) is 12.5 Å². The first-order valence-electron chi connectivity index (χ1n) is 3.51. The standard InChI is InChI=1S/C8H5Br3O5.Co/c1-3-16-7(14)4(6(13)15-2)5(12)8(9,10)11;/h1,12H,2H3;/b5-4+;. The summed E-state index contributed by atoms with van der Waals surface area (Å²) in [6.45, 7) is 0. The maximum Gasteiger partial charge on any atom is 0.363 e. The van der Waals surface area contributed by atoms with E-state index in [1.165, 1.54) is 0 Å². The number of hydrogen-bond donors (Lipinski definition) is 1. The molecular formula is C8H5Br3CoO5. The van der Waals surface area contributed by atoms with Crippen molar-refractivity contribution in [1.82, 2.24) is 0 Å². The Labute approximate surface area is 133 Å². The van der Waals surface area contributed by atoms with E-state index in [0.717, 1.165) is 7.11 Å². The summed E-state index contributed by atoms with van der Waals surface area (Å²) in [6, 6.07) is 0. The molecule has 0 rings (SSSR count). The molecule has 0 amide bonds. The van der Waals surface area contributed by atoms with Crippen molar-refractivity contribution in [2.24, 2.45) is 0 Å². The van der Waals surface area contributed by atoms with Gasteiger partial charge in [0, 0.05) is 16.8 Å². The number of halogens is 3. The van der Waals surface area contributed by atoms with Crippen molar-refractivity contribution in [3.63, 3.8) is 0 Å². The van der Waals surface area contributed by atoms with E-state index in [9.17, 15) is 14.7 Å². The Hall–Kier alpha value is -0.0135. The Balaban J connectivity index is 0. The Morgan fingerprint density at radius 3 is 2.06 bits per heavy atom. The maximum atomic E-state index is 11.3. The summed E-state index contributed by atoms with van der Waals surface area (Å²) < 4.78 is 7.10. The SMILES string of the molecule is C#COC(=O)/C(C(=O)OC)=C(/O)C(Br)(Br)Br.[Co]. The topological polar surface area (TPSA) is 72.8 Å². The second-order valence-corrected chi connectivity index (χ2v) is 8.98. The van der Waals surface area contributed by atoms with Gasteiger partial charge >= 0.3 is 11.9 Å². The fourth-order valence-electron chi connectivity index (χ4n) is 0.625. The van der Waals surface area contributed by atoms with Gasteiger partial charge in [0.2, 0.25) is 0 Å². The molecule has 0 saturated heterocycles. The second-order valence-electron chi connectivity index (χ2n) is 2.22. The van der Waals surface area contributed by atoms with Gasteiger partial charge in [-0.3, -0.25) is 0 Å². The van der Waals surface area contributed by atoms with Crippen molar-refractivity contribution in [3.05, 3.63) is 11.3 Å². The van der Waals surface area contributed by atoms with Crippen molar-refractivity contribution in [2.75, 3.05) is 7.11 Å². The molecular weight excluding hydrogens is 475 g/mol. The van der Waals surface area contributed by atoms with Crippen LogP contribution in [0, 0.1) is 12.5 Å². The monoisotopic (exact) mass is 477 g/mol. The van der Waals surface area contributed by atoms with Gasteiger partial charge in [0.15, 0.2) is 13.5 Å². The van der Waals surface area contributed by atoms with Crippen LogP contribution < -0.4 is 0 Å². The molecule has 0 fully saturated rings. The van der Waals surface area contributed by atoms with Gasteiger partial charge in [-0.25, -0.2) is 9.59 Å². The quantitative estimate of drug-likeness (QED) is 0.125. The van der Waals surface area contributed by atoms with Crippen molar-refractivity contribution < 1.29 is 40.9 Å². The molecule has 0 heterocycles. The average molecular weight is 480 g/mol. The molecule has 97 valence electrons. The Bertz CT molecular complexity index is 380. The second kappa shape index (κ2) is 8.15. The summed E-state index contributed by atoms with van der Waals surface area (Å²) in [7, 11) is 1.04. The molecule has 0 saturated carbocycles. The minimum Gasteiger partial charge on any atom is -0.508 e. The van der Waals surface area contributed by atoms with E-state index in [0.29, 0.717) is 0 Å². The zero-order valence-electron chi connectivity index (χ0n) is 8.12. The fraction of sp³-hybridized carbons (Fsp3) is 0.250. The van der Waals surface area contributed by atoms with Crippen molar-refractivity contribution in [2.45, 2.75) is 2.14 Å². The molecule has 0 aromatic rings. The summed E-state index contributed by atoms with van der Waals surface area (Å²) in [5, 5.41) is 9.61. The molecule has 0 aromatic heterocycles. The number of terminal acetylenes is 1. The van der Waals surface area contributed by atoms with Gasteiger partial charge < -0.3 is 14.6 Å². The zero-order valence-corrected chi connectivity index (χ0v) is 13.9. The summed E-state index contributed by atoms with van der Waals surface area (Å²) in [5.41, 5.74) is -0.730. The number of alkyl halides is 3. The number of aliphatic hydroxyl groups excluding tert-OH is 1. The Kier molecular flexibility index (Phi) is 9.27. The minimum atomic E-state index is -1.36. The summed E-state index contributed by atoms with van der Waals surface area (Å²) in [4.78, 5) is 22.5. The van der Waals surface area contributed by atoms with Crippen LogP contribution in [0.1, 0.15) is 0 Å². The molecule has 0 unspecified atom stereocenters. The number of aliphatic hydroxyl groups is 1. The van der Waals surface area contributed by atoms with E-state index < -0.39 is 25.4 Å². The number of esters is 2. The predicted octanol–water partition coefficient (Wildman–Crippen LogP) is 1.94. The Morgan fingerprint density at radius 1 is 1.29 bits per heavy atom. The number of carbonyl (C=O) groups is 2. The molecule has 1 radical (unpaired) electrons. The number of hydrogen-bond acceptors (Lipinski definition) is 5. The third-order valence-electron chi connectivity index (χ3n) is 1.25. The average Bonchev–Trinajstić information content (AvgIpc) is 2.16. The molecule has 0 aliphatic carbocycles. The Morgan fingerprint density at radius 2 is 1.76 bits per heavy atom. The molecule has 0 spiro atoms. The first kappa shape index (κ1) is 19.3. The van der Waals surface area contributed by atoms with Crippen LogP contribution in [-0.2, 0) is 35.8 Å². The molecule has 9 heteroatoms. The maximum absolute atomic E-state index is 11.3. The number of carbonyl (C=O) groups excluding carboxylic acids is 2. The fourth-order valence-corrected chi connectivity index (χ4v) is 1.22. The molecule has 5 nitrogen and oxygen atoms in total. The molecule has 0 aliphatic rings. The summed E-state index contributed by atoms with van der Waals surface area (Å²) >= 11 is 8.76.